The number of pyridine rings is 1. The van der Waals surface area contributed by atoms with Gasteiger partial charge >= 0.3 is 6.18 Å². The van der Waals surface area contributed by atoms with Crippen LogP contribution in [0, 0.1) is 6.92 Å². The van der Waals surface area contributed by atoms with Crippen LogP contribution in [0.5, 0.6) is 0 Å². The van der Waals surface area contributed by atoms with Crippen LogP contribution in [0.1, 0.15) is 37.6 Å². The second-order valence-corrected chi connectivity index (χ2v) is 7.66. The minimum Gasteiger partial charge on any atom is -0.305 e. The molecule has 0 bridgehead atoms. The van der Waals surface area contributed by atoms with E-state index >= 15 is 0 Å². The summed E-state index contributed by atoms with van der Waals surface area (Å²) in [6, 6.07) is 9.09. The molecule has 0 saturated heterocycles. The quantitative estimate of drug-likeness (QED) is 0.334. The number of rotatable bonds is 4. The first kappa shape index (κ1) is 22.8. The average Bonchev–Trinajstić information content (AvgIpc) is 3.39. The van der Waals surface area contributed by atoms with Gasteiger partial charge in [-0.05, 0) is 37.1 Å². The number of alkyl halides is 3. The van der Waals surface area contributed by atoms with Crippen LogP contribution in [0.3, 0.4) is 0 Å². The Morgan fingerprint density at radius 1 is 1.03 bits per heavy atom. The first-order valence-corrected chi connectivity index (χ1v) is 11.0. The van der Waals surface area contributed by atoms with Crippen molar-refractivity contribution in [2.75, 3.05) is 11.9 Å². The first-order valence-electron chi connectivity index (χ1n) is 10.1. The molecule has 0 radical (unpaired) electrons. The van der Waals surface area contributed by atoms with Crippen LogP contribution in [0.25, 0.3) is 16.9 Å². The summed E-state index contributed by atoms with van der Waals surface area (Å²) >= 11 is 1.44. The lowest BCUT2D eigenvalue weighted by atomic mass is 10.1. The molecule has 0 aliphatic carbocycles. The van der Waals surface area contributed by atoms with E-state index in [1.165, 1.54) is 23.5 Å². The van der Waals surface area contributed by atoms with Crippen molar-refractivity contribution >= 4 is 27.9 Å². The Morgan fingerprint density at radius 2 is 1.71 bits per heavy atom. The van der Waals surface area contributed by atoms with Gasteiger partial charge in [0.1, 0.15) is 11.5 Å². The third-order valence-corrected chi connectivity index (χ3v) is 5.67. The molecule has 4 rings (SSSR count). The molecule has 4 nitrogen and oxygen atoms in total. The van der Waals surface area contributed by atoms with Gasteiger partial charge in [-0.2, -0.15) is 13.2 Å². The number of anilines is 2. The molecule has 0 saturated carbocycles. The van der Waals surface area contributed by atoms with Gasteiger partial charge in [-0.25, -0.2) is 9.97 Å². The number of hydrogen-bond donors (Lipinski definition) is 0. The molecule has 0 aliphatic heterocycles. The van der Waals surface area contributed by atoms with E-state index in [1.807, 2.05) is 60.8 Å². The van der Waals surface area contributed by atoms with Crippen molar-refractivity contribution in [1.82, 2.24) is 14.4 Å². The van der Waals surface area contributed by atoms with Crippen molar-refractivity contribution in [2.45, 2.75) is 40.3 Å². The fourth-order valence-electron chi connectivity index (χ4n) is 3.25. The summed E-state index contributed by atoms with van der Waals surface area (Å²) in [7, 11) is 1.93. The third kappa shape index (κ3) is 4.58. The number of halogens is 3. The summed E-state index contributed by atoms with van der Waals surface area (Å²) in [5, 5.41) is 2.60. The molecule has 4 aromatic rings. The lowest BCUT2D eigenvalue weighted by Gasteiger charge is -2.17. The zero-order valence-corrected chi connectivity index (χ0v) is 19.0. The Bertz CT molecular complexity index is 1160. The SMILES string of the molecule is CC.CCc1nc2ccc(C)cn2c1N(C)c1nc(-c2ccc(C(F)(F)F)cc2)cs1. The number of imidazole rings is 1. The molecule has 0 amide bonds. The topological polar surface area (TPSA) is 33.4 Å². The standard InChI is InChI=1S/C21H19F3N4S.C2H6/c1-4-16-19(28-11-13(2)5-10-18(28)25-16)27(3)20-26-17(12-29-20)14-6-8-15(9-7-14)21(22,23)24;1-2/h5-12H,4H2,1-3H3;1-2H3. The molecule has 0 N–H and O–H groups in total. The van der Waals surface area contributed by atoms with E-state index in [0.29, 0.717) is 11.3 Å². The van der Waals surface area contributed by atoms with Crippen LogP contribution < -0.4 is 4.90 Å². The maximum absolute atomic E-state index is 12.8. The van der Waals surface area contributed by atoms with Gasteiger partial charge in [0, 0.05) is 24.2 Å². The number of hydrogen-bond acceptors (Lipinski definition) is 4. The Balaban J connectivity index is 0.00000132. The molecule has 0 aliphatic rings. The molecule has 164 valence electrons. The van der Waals surface area contributed by atoms with Gasteiger partial charge in [0.25, 0.3) is 0 Å². The Morgan fingerprint density at radius 3 is 2.32 bits per heavy atom. The highest BCUT2D eigenvalue weighted by Gasteiger charge is 2.30. The summed E-state index contributed by atoms with van der Waals surface area (Å²) in [5.74, 6) is 0.944. The minimum atomic E-state index is -4.34. The fraction of sp³-hybridized carbons (Fsp3) is 0.304. The predicted molar refractivity (Wildman–Crippen MR) is 121 cm³/mol. The van der Waals surface area contributed by atoms with Crippen LogP contribution >= 0.6 is 11.3 Å². The summed E-state index contributed by atoms with van der Waals surface area (Å²) in [6.45, 7) is 8.09. The number of aryl methyl sites for hydroxylation is 2. The Kier molecular flexibility index (Phi) is 6.69. The second-order valence-electron chi connectivity index (χ2n) is 6.82. The Hall–Kier alpha value is -2.87. The zero-order valence-electron chi connectivity index (χ0n) is 18.2. The van der Waals surface area contributed by atoms with Crippen LogP contribution in [0.2, 0.25) is 0 Å². The van der Waals surface area contributed by atoms with Crippen molar-refractivity contribution in [3.05, 3.63) is 64.8 Å². The highest BCUT2D eigenvalue weighted by atomic mass is 32.1. The predicted octanol–water partition coefficient (Wildman–Crippen LogP) is 7.14. The van der Waals surface area contributed by atoms with Crippen molar-refractivity contribution < 1.29 is 13.2 Å². The molecule has 0 unspecified atom stereocenters. The maximum Gasteiger partial charge on any atom is 0.416 e. The fourth-order valence-corrected chi connectivity index (χ4v) is 4.05. The first-order chi connectivity index (χ1) is 14.8. The molecular formula is C23H25F3N4S. The number of aromatic nitrogens is 3. The number of nitrogens with zero attached hydrogens (tertiary/aromatic N) is 4. The van der Waals surface area contributed by atoms with E-state index in [9.17, 15) is 13.2 Å². The number of benzene rings is 1. The Labute approximate surface area is 184 Å². The number of thiazole rings is 1. The molecular weight excluding hydrogens is 421 g/mol. The van der Waals surface area contributed by atoms with Crippen LogP contribution in [0.4, 0.5) is 24.1 Å². The van der Waals surface area contributed by atoms with Gasteiger partial charge < -0.3 is 4.90 Å². The molecule has 8 heteroatoms. The van der Waals surface area contributed by atoms with E-state index in [1.54, 1.807) is 0 Å². The molecule has 3 aromatic heterocycles. The van der Waals surface area contributed by atoms with Crippen molar-refractivity contribution in [3.8, 4) is 11.3 Å². The van der Waals surface area contributed by atoms with Gasteiger partial charge in [-0.1, -0.05) is 39.0 Å². The average molecular weight is 447 g/mol. The summed E-state index contributed by atoms with van der Waals surface area (Å²) in [6.07, 6.45) is -1.53. The summed E-state index contributed by atoms with van der Waals surface area (Å²) in [4.78, 5) is 11.3. The van der Waals surface area contributed by atoms with E-state index < -0.39 is 11.7 Å². The molecule has 0 spiro atoms. The maximum atomic E-state index is 12.8. The van der Waals surface area contributed by atoms with E-state index in [4.69, 9.17) is 4.98 Å². The van der Waals surface area contributed by atoms with E-state index in [2.05, 4.69) is 11.9 Å². The smallest absolute Gasteiger partial charge is 0.305 e. The van der Waals surface area contributed by atoms with Crippen LogP contribution in [0.15, 0.2) is 48.0 Å². The van der Waals surface area contributed by atoms with Crippen LogP contribution in [-0.4, -0.2) is 21.4 Å². The highest BCUT2D eigenvalue weighted by Crippen LogP contribution is 2.35. The normalized spacial score (nSPS) is 11.4. The molecule has 1 aromatic carbocycles. The van der Waals surface area contributed by atoms with Gasteiger partial charge in [0.15, 0.2) is 5.13 Å². The molecule has 31 heavy (non-hydrogen) atoms. The largest absolute Gasteiger partial charge is 0.416 e. The molecule has 0 atom stereocenters. The monoisotopic (exact) mass is 446 g/mol. The minimum absolute atomic E-state index is 0.647. The van der Waals surface area contributed by atoms with Gasteiger partial charge in [0.2, 0.25) is 0 Å². The third-order valence-electron chi connectivity index (χ3n) is 4.75. The summed E-state index contributed by atoms with van der Waals surface area (Å²) in [5.41, 5.74) is 3.59. The highest BCUT2D eigenvalue weighted by molar-refractivity contribution is 7.14. The number of fused-ring (bicyclic) bond motifs is 1. The van der Waals surface area contributed by atoms with Crippen molar-refractivity contribution in [3.63, 3.8) is 0 Å². The molecule has 3 heterocycles. The van der Waals surface area contributed by atoms with Crippen molar-refractivity contribution in [2.24, 2.45) is 0 Å². The summed E-state index contributed by atoms with van der Waals surface area (Å²) < 4.78 is 40.4. The lowest BCUT2D eigenvalue weighted by molar-refractivity contribution is -0.137. The van der Waals surface area contributed by atoms with Crippen LogP contribution in [-0.2, 0) is 12.6 Å². The van der Waals surface area contributed by atoms with E-state index in [-0.39, 0.29) is 0 Å². The zero-order chi connectivity index (χ0) is 22.8. The van der Waals surface area contributed by atoms with Gasteiger partial charge in [-0.15, -0.1) is 11.3 Å². The van der Waals surface area contributed by atoms with Crippen molar-refractivity contribution in [1.29, 1.82) is 0 Å². The van der Waals surface area contributed by atoms with Gasteiger partial charge in [0.05, 0.1) is 17.0 Å². The van der Waals surface area contributed by atoms with E-state index in [0.717, 1.165) is 46.4 Å². The lowest BCUT2D eigenvalue weighted by Crippen LogP contribution is -2.13. The second kappa shape index (κ2) is 9.09. The van der Waals surface area contributed by atoms with Gasteiger partial charge in [-0.3, -0.25) is 4.40 Å². The molecule has 0 fully saturated rings.